The normalized spacial score (nSPS) is 22.1. The van der Waals surface area contributed by atoms with Crippen molar-refractivity contribution < 1.29 is 14.3 Å². The number of methoxy groups -OCH3 is 1. The van der Waals surface area contributed by atoms with E-state index in [1.807, 2.05) is 0 Å². The van der Waals surface area contributed by atoms with Crippen molar-refractivity contribution in [2.24, 2.45) is 11.8 Å². The minimum atomic E-state index is -0.448. The molecular formula is C17H24N2O3. The number of hydrogen-bond acceptors (Lipinski definition) is 4. The van der Waals surface area contributed by atoms with Gasteiger partial charge in [-0.05, 0) is 30.4 Å². The standard InChI is InChI=1S/C17H24N2O3/c1-12-8-13(2)10-19(9-12)11-16(20)18-15-7-5-4-6-14(15)17(21)22-3/h4-7,12-13H,8-11H2,1-3H3,(H,18,20)/t12-,13-/m0/s1. The van der Waals surface area contributed by atoms with Gasteiger partial charge in [0.05, 0.1) is 24.9 Å². The van der Waals surface area contributed by atoms with Crippen LogP contribution in [0.2, 0.25) is 0 Å². The van der Waals surface area contributed by atoms with Crippen molar-refractivity contribution in [3.63, 3.8) is 0 Å². The monoisotopic (exact) mass is 304 g/mol. The van der Waals surface area contributed by atoms with E-state index in [0.29, 0.717) is 29.6 Å². The van der Waals surface area contributed by atoms with Crippen molar-refractivity contribution in [1.29, 1.82) is 0 Å². The first kappa shape index (κ1) is 16.5. The van der Waals surface area contributed by atoms with Gasteiger partial charge in [-0.1, -0.05) is 26.0 Å². The van der Waals surface area contributed by atoms with Gasteiger partial charge in [0.15, 0.2) is 0 Å². The number of benzene rings is 1. The largest absolute Gasteiger partial charge is 0.465 e. The third-order valence-electron chi connectivity index (χ3n) is 3.92. The maximum Gasteiger partial charge on any atom is 0.339 e. The highest BCUT2D eigenvalue weighted by atomic mass is 16.5. The molecule has 1 aromatic rings. The highest BCUT2D eigenvalue weighted by molar-refractivity contribution is 6.01. The fourth-order valence-corrected chi connectivity index (χ4v) is 3.19. The predicted molar refractivity (Wildman–Crippen MR) is 85.8 cm³/mol. The summed E-state index contributed by atoms with van der Waals surface area (Å²) >= 11 is 0. The Bertz CT molecular complexity index is 534. The third-order valence-corrected chi connectivity index (χ3v) is 3.92. The van der Waals surface area contributed by atoms with Crippen LogP contribution in [0.25, 0.3) is 0 Å². The van der Waals surface area contributed by atoms with Crippen LogP contribution >= 0.6 is 0 Å². The molecule has 1 heterocycles. The molecule has 0 aromatic heterocycles. The van der Waals surface area contributed by atoms with Crippen LogP contribution < -0.4 is 5.32 Å². The Labute approximate surface area is 131 Å². The maximum atomic E-state index is 12.3. The Morgan fingerprint density at radius 3 is 2.50 bits per heavy atom. The van der Waals surface area contributed by atoms with Crippen LogP contribution in [0.5, 0.6) is 0 Å². The lowest BCUT2D eigenvalue weighted by molar-refractivity contribution is -0.117. The number of nitrogens with zero attached hydrogens (tertiary/aromatic N) is 1. The molecule has 5 heteroatoms. The van der Waals surface area contributed by atoms with Gasteiger partial charge in [0.25, 0.3) is 0 Å². The molecule has 2 atom stereocenters. The molecule has 2 rings (SSSR count). The fourth-order valence-electron chi connectivity index (χ4n) is 3.19. The highest BCUT2D eigenvalue weighted by Crippen LogP contribution is 2.21. The summed E-state index contributed by atoms with van der Waals surface area (Å²) in [5.74, 6) is 0.673. The lowest BCUT2D eigenvalue weighted by Gasteiger charge is -2.34. The first-order valence-corrected chi connectivity index (χ1v) is 7.69. The Balaban J connectivity index is 1.99. The van der Waals surface area contributed by atoms with E-state index in [1.54, 1.807) is 24.3 Å². The quantitative estimate of drug-likeness (QED) is 0.868. The molecule has 0 unspecified atom stereocenters. The molecular weight excluding hydrogens is 280 g/mol. The Kier molecular flexibility index (Phi) is 5.55. The second-order valence-corrected chi connectivity index (χ2v) is 6.23. The van der Waals surface area contributed by atoms with Crippen LogP contribution in [-0.4, -0.2) is 43.5 Å². The zero-order chi connectivity index (χ0) is 16.1. The van der Waals surface area contributed by atoms with E-state index in [1.165, 1.54) is 13.5 Å². The highest BCUT2D eigenvalue weighted by Gasteiger charge is 2.23. The molecule has 1 N–H and O–H groups in total. The average molecular weight is 304 g/mol. The SMILES string of the molecule is COC(=O)c1ccccc1NC(=O)CN1C[C@@H](C)C[C@H](C)C1. The molecule has 0 spiro atoms. The molecule has 1 aliphatic heterocycles. The van der Waals surface area contributed by atoms with E-state index < -0.39 is 5.97 Å². The van der Waals surface area contributed by atoms with Crippen molar-refractivity contribution in [3.05, 3.63) is 29.8 Å². The van der Waals surface area contributed by atoms with Gasteiger partial charge in [-0.2, -0.15) is 0 Å². The molecule has 0 aliphatic carbocycles. The van der Waals surface area contributed by atoms with E-state index in [9.17, 15) is 9.59 Å². The van der Waals surface area contributed by atoms with Crippen LogP contribution in [0.1, 0.15) is 30.6 Å². The molecule has 1 aliphatic rings. The van der Waals surface area contributed by atoms with Gasteiger partial charge < -0.3 is 10.1 Å². The van der Waals surface area contributed by atoms with E-state index >= 15 is 0 Å². The number of amides is 1. The lowest BCUT2D eigenvalue weighted by atomic mass is 9.92. The van der Waals surface area contributed by atoms with E-state index in [2.05, 4.69) is 24.1 Å². The van der Waals surface area contributed by atoms with Gasteiger partial charge in [0, 0.05) is 13.1 Å². The summed E-state index contributed by atoms with van der Waals surface area (Å²) in [6.07, 6.45) is 1.21. The topological polar surface area (TPSA) is 58.6 Å². The van der Waals surface area contributed by atoms with Crippen LogP contribution in [0.4, 0.5) is 5.69 Å². The molecule has 0 bridgehead atoms. The molecule has 120 valence electrons. The van der Waals surface area contributed by atoms with Gasteiger partial charge in [-0.25, -0.2) is 4.79 Å². The number of nitrogens with one attached hydrogen (secondary N) is 1. The summed E-state index contributed by atoms with van der Waals surface area (Å²) in [5, 5.41) is 2.82. The number of esters is 1. The molecule has 1 fully saturated rings. The summed E-state index contributed by atoms with van der Waals surface area (Å²) in [6, 6.07) is 6.89. The minimum Gasteiger partial charge on any atom is -0.465 e. The smallest absolute Gasteiger partial charge is 0.339 e. The van der Waals surface area contributed by atoms with E-state index in [-0.39, 0.29) is 5.91 Å². The second-order valence-electron chi connectivity index (χ2n) is 6.23. The zero-order valence-corrected chi connectivity index (χ0v) is 13.5. The number of piperidine rings is 1. The van der Waals surface area contributed by atoms with Crippen molar-refractivity contribution in [2.45, 2.75) is 20.3 Å². The summed E-state index contributed by atoms with van der Waals surface area (Å²) in [6.45, 7) is 6.66. The third kappa shape index (κ3) is 4.31. The minimum absolute atomic E-state index is 0.0994. The summed E-state index contributed by atoms with van der Waals surface area (Å²) in [7, 11) is 1.33. The summed E-state index contributed by atoms with van der Waals surface area (Å²) in [5.41, 5.74) is 0.871. The van der Waals surface area contributed by atoms with E-state index in [0.717, 1.165) is 13.1 Å². The van der Waals surface area contributed by atoms with Crippen LogP contribution in [0, 0.1) is 11.8 Å². The maximum absolute atomic E-state index is 12.3. The lowest BCUT2D eigenvalue weighted by Crippen LogP contribution is -2.42. The number of para-hydroxylation sites is 1. The molecule has 0 radical (unpaired) electrons. The Hall–Kier alpha value is -1.88. The first-order valence-electron chi connectivity index (χ1n) is 7.69. The number of rotatable bonds is 4. The van der Waals surface area contributed by atoms with Crippen molar-refractivity contribution in [2.75, 3.05) is 32.1 Å². The summed E-state index contributed by atoms with van der Waals surface area (Å²) < 4.78 is 4.74. The van der Waals surface area contributed by atoms with Crippen LogP contribution in [0.15, 0.2) is 24.3 Å². The fraction of sp³-hybridized carbons (Fsp3) is 0.529. The molecule has 1 aromatic carbocycles. The van der Waals surface area contributed by atoms with Crippen molar-refractivity contribution in [1.82, 2.24) is 4.90 Å². The molecule has 0 saturated carbocycles. The molecule has 22 heavy (non-hydrogen) atoms. The number of carbonyl (C=O) groups is 2. The Morgan fingerprint density at radius 1 is 1.23 bits per heavy atom. The van der Waals surface area contributed by atoms with Gasteiger partial charge in [0.1, 0.15) is 0 Å². The van der Waals surface area contributed by atoms with Crippen molar-refractivity contribution >= 4 is 17.6 Å². The van der Waals surface area contributed by atoms with Crippen molar-refractivity contribution in [3.8, 4) is 0 Å². The van der Waals surface area contributed by atoms with E-state index in [4.69, 9.17) is 4.74 Å². The Morgan fingerprint density at radius 2 is 1.86 bits per heavy atom. The van der Waals surface area contributed by atoms with Crippen LogP contribution in [-0.2, 0) is 9.53 Å². The number of ether oxygens (including phenoxy) is 1. The van der Waals surface area contributed by atoms with Gasteiger partial charge in [-0.15, -0.1) is 0 Å². The second kappa shape index (κ2) is 7.40. The number of carbonyl (C=O) groups excluding carboxylic acids is 2. The van der Waals surface area contributed by atoms with Gasteiger partial charge in [-0.3, -0.25) is 9.69 Å². The average Bonchev–Trinajstić information content (AvgIpc) is 2.45. The number of anilines is 1. The van der Waals surface area contributed by atoms with Gasteiger partial charge >= 0.3 is 5.97 Å². The molecule has 5 nitrogen and oxygen atoms in total. The number of hydrogen-bond donors (Lipinski definition) is 1. The zero-order valence-electron chi connectivity index (χ0n) is 13.5. The first-order chi connectivity index (χ1) is 10.5. The van der Waals surface area contributed by atoms with Crippen LogP contribution in [0.3, 0.4) is 0 Å². The predicted octanol–water partition coefficient (Wildman–Crippen LogP) is 2.39. The molecule has 1 amide bonds. The number of likely N-dealkylation sites (tertiary alicyclic amines) is 1. The summed E-state index contributed by atoms with van der Waals surface area (Å²) in [4.78, 5) is 26.1. The molecule has 1 saturated heterocycles. The van der Waals surface area contributed by atoms with Gasteiger partial charge in [0.2, 0.25) is 5.91 Å².